The van der Waals surface area contributed by atoms with Crippen LogP contribution in [-0.4, -0.2) is 11.1 Å². The zero-order valence-electron chi connectivity index (χ0n) is 14.7. The maximum atomic E-state index is 10.0. The average Bonchev–Trinajstić information content (AvgIpc) is 2.35. The zero-order valence-corrected chi connectivity index (χ0v) is 14.7. The van der Waals surface area contributed by atoms with E-state index in [1.54, 1.807) is 20.8 Å². The van der Waals surface area contributed by atoms with Crippen LogP contribution in [0.3, 0.4) is 0 Å². The maximum Gasteiger partial charge on any atom is 0.308 e. The molecule has 21 heavy (non-hydrogen) atoms. The van der Waals surface area contributed by atoms with E-state index in [-0.39, 0.29) is 0 Å². The summed E-state index contributed by atoms with van der Waals surface area (Å²) in [6, 6.07) is 10.9. The Morgan fingerprint density at radius 1 is 1.05 bits per heavy atom. The highest BCUT2D eigenvalue weighted by molar-refractivity contribution is 5.72. The standard InChI is InChI=1S/C14H22.C5H10O2/c1-5-9-13(14(2,3)4)12-10-7-6-8-11-12;1-5(2,3)4(6)7/h6-8,10-11,13H,5,9H2,1-4H3;1-3H3,(H,6,7). The monoisotopic (exact) mass is 292 g/mol. The Bertz CT molecular complexity index is 407. The third-order valence-electron chi connectivity index (χ3n) is 3.47. The van der Waals surface area contributed by atoms with Crippen molar-refractivity contribution in [2.75, 3.05) is 0 Å². The Morgan fingerprint density at radius 3 is 1.76 bits per heavy atom. The van der Waals surface area contributed by atoms with Gasteiger partial charge in [-0.3, -0.25) is 4.79 Å². The lowest BCUT2D eigenvalue weighted by Gasteiger charge is -2.31. The molecule has 0 aliphatic carbocycles. The van der Waals surface area contributed by atoms with E-state index in [1.165, 1.54) is 18.4 Å². The first kappa shape index (κ1) is 19.7. The van der Waals surface area contributed by atoms with Gasteiger partial charge in [-0.15, -0.1) is 0 Å². The Hall–Kier alpha value is -1.31. The summed E-state index contributed by atoms with van der Waals surface area (Å²) in [5.74, 6) is -0.0683. The van der Waals surface area contributed by atoms with Gasteiger partial charge in [0, 0.05) is 0 Å². The van der Waals surface area contributed by atoms with Crippen molar-refractivity contribution < 1.29 is 9.90 Å². The van der Waals surface area contributed by atoms with Crippen LogP contribution in [0.25, 0.3) is 0 Å². The number of carboxylic acid groups (broad SMARTS) is 1. The van der Waals surface area contributed by atoms with Crippen LogP contribution in [0.2, 0.25) is 0 Å². The molecule has 1 rings (SSSR count). The molecule has 0 fully saturated rings. The molecule has 2 heteroatoms. The van der Waals surface area contributed by atoms with Gasteiger partial charge in [-0.25, -0.2) is 0 Å². The molecule has 0 spiro atoms. The van der Waals surface area contributed by atoms with Gasteiger partial charge in [0.1, 0.15) is 0 Å². The fourth-order valence-electron chi connectivity index (χ4n) is 2.07. The number of carboxylic acids is 1. The van der Waals surface area contributed by atoms with E-state index in [2.05, 4.69) is 58.0 Å². The van der Waals surface area contributed by atoms with Crippen LogP contribution >= 0.6 is 0 Å². The second-order valence-electron chi connectivity index (χ2n) is 7.67. The molecule has 2 nitrogen and oxygen atoms in total. The summed E-state index contributed by atoms with van der Waals surface area (Å²) < 4.78 is 0. The van der Waals surface area contributed by atoms with Crippen LogP contribution in [-0.2, 0) is 4.79 Å². The molecule has 0 aliphatic rings. The van der Waals surface area contributed by atoms with Crippen molar-refractivity contribution >= 4 is 5.97 Å². The first-order chi connectivity index (χ1) is 9.50. The maximum absolute atomic E-state index is 10.0. The Morgan fingerprint density at radius 2 is 1.48 bits per heavy atom. The third kappa shape index (κ3) is 7.89. The van der Waals surface area contributed by atoms with Crippen molar-refractivity contribution in [2.24, 2.45) is 10.8 Å². The van der Waals surface area contributed by atoms with Crippen LogP contribution in [0.4, 0.5) is 0 Å². The predicted octanol–water partition coefficient (Wildman–Crippen LogP) is 5.73. The minimum atomic E-state index is -0.757. The minimum Gasteiger partial charge on any atom is -0.481 e. The molecule has 1 aromatic carbocycles. The summed E-state index contributed by atoms with van der Waals surface area (Å²) in [6.45, 7) is 14.3. The van der Waals surface area contributed by atoms with Crippen molar-refractivity contribution in [1.29, 1.82) is 0 Å². The molecule has 0 amide bonds. The molecule has 0 bridgehead atoms. The van der Waals surface area contributed by atoms with E-state index in [4.69, 9.17) is 5.11 Å². The summed E-state index contributed by atoms with van der Waals surface area (Å²) in [5, 5.41) is 8.25. The van der Waals surface area contributed by atoms with Gasteiger partial charge in [0.05, 0.1) is 5.41 Å². The number of benzene rings is 1. The summed E-state index contributed by atoms with van der Waals surface area (Å²) in [6.07, 6.45) is 2.55. The van der Waals surface area contributed by atoms with Gasteiger partial charge in [-0.1, -0.05) is 64.4 Å². The van der Waals surface area contributed by atoms with Gasteiger partial charge in [-0.05, 0) is 44.1 Å². The molecule has 0 radical (unpaired) electrons. The summed E-state index contributed by atoms with van der Waals surface area (Å²) >= 11 is 0. The van der Waals surface area contributed by atoms with Gasteiger partial charge in [0.2, 0.25) is 0 Å². The molecule has 120 valence electrons. The zero-order chi connectivity index (χ0) is 16.7. The lowest BCUT2D eigenvalue weighted by atomic mass is 9.74. The second kappa shape index (κ2) is 8.21. The van der Waals surface area contributed by atoms with E-state index >= 15 is 0 Å². The summed E-state index contributed by atoms with van der Waals surface area (Å²) in [4.78, 5) is 10.0. The smallest absolute Gasteiger partial charge is 0.308 e. The normalized spacial score (nSPS) is 13.1. The molecule has 1 unspecified atom stereocenters. The topological polar surface area (TPSA) is 37.3 Å². The summed E-state index contributed by atoms with van der Waals surface area (Å²) in [7, 11) is 0. The Balaban J connectivity index is 0.000000486. The molecule has 0 aromatic heterocycles. The summed E-state index contributed by atoms with van der Waals surface area (Å²) in [5.41, 5.74) is 1.28. The van der Waals surface area contributed by atoms with Gasteiger partial charge in [0.25, 0.3) is 0 Å². The number of hydrogen-bond donors (Lipinski definition) is 1. The van der Waals surface area contributed by atoms with E-state index < -0.39 is 11.4 Å². The number of aliphatic carboxylic acids is 1. The van der Waals surface area contributed by atoms with Crippen LogP contribution < -0.4 is 0 Å². The highest BCUT2D eigenvalue weighted by Crippen LogP contribution is 2.38. The molecule has 0 aliphatic heterocycles. The van der Waals surface area contributed by atoms with Crippen molar-refractivity contribution in [3.63, 3.8) is 0 Å². The fourth-order valence-corrected chi connectivity index (χ4v) is 2.07. The van der Waals surface area contributed by atoms with Gasteiger partial charge in [-0.2, -0.15) is 0 Å². The van der Waals surface area contributed by atoms with E-state index in [0.717, 1.165) is 0 Å². The van der Waals surface area contributed by atoms with Crippen molar-refractivity contribution in [1.82, 2.24) is 0 Å². The SMILES string of the molecule is CC(C)(C)C(=O)O.CCCC(c1ccccc1)C(C)(C)C. The van der Waals surface area contributed by atoms with Crippen molar-refractivity contribution in [2.45, 2.75) is 67.2 Å². The first-order valence-electron chi connectivity index (χ1n) is 7.78. The minimum absolute atomic E-state index is 0.372. The van der Waals surface area contributed by atoms with E-state index in [0.29, 0.717) is 11.3 Å². The molecule has 0 saturated heterocycles. The highest BCUT2D eigenvalue weighted by Gasteiger charge is 2.24. The lowest BCUT2D eigenvalue weighted by molar-refractivity contribution is -0.145. The Kier molecular flexibility index (Phi) is 7.70. The largest absolute Gasteiger partial charge is 0.481 e. The third-order valence-corrected chi connectivity index (χ3v) is 3.47. The Labute approximate surface area is 130 Å². The molecule has 1 atom stereocenters. The average molecular weight is 292 g/mol. The quantitative estimate of drug-likeness (QED) is 0.772. The van der Waals surface area contributed by atoms with Crippen LogP contribution in [0, 0.1) is 10.8 Å². The molecule has 0 heterocycles. The fraction of sp³-hybridized carbons (Fsp3) is 0.632. The number of hydrogen-bond acceptors (Lipinski definition) is 1. The lowest BCUT2D eigenvalue weighted by Crippen LogP contribution is -2.18. The van der Waals surface area contributed by atoms with Crippen LogP contribution in [0.5, 0.6) is 0 Å². The highest BCUT2D eigenvalue weighted by atomic mass is 16.4. The van der Waals surface area contributed by atoms with Crippen LogP contribution in [0.1, 0.15) is 72.8 Å². The van der Waals surface area contributed by atoms with E-state index in [9.17, 15) is 4.79 Å². The van der Waals surface area contributed by atoms with E-state index in [1.807, 2.05) is 0 Å². The molecular weight excluding hydrogens is 260 g/mol. The van der Waals surface area contributed by atoms with Crippen LogP contribution in [0.15, 0.2) is 30.3 Å². The molecule has 1 N–H and O–H groups in total. The first-order valence-corrected chi connectivity index (χ1v) is 7.78. The van der Waals surface area contributed by atoms with Crippen molar-refractivity contribution in [3.05, 3.63) is 35.9 Å². The molecular formula is C19H32O2. The number of carbonyl (C=O) groups is 1. The number of rotatable bonds is 3. The van der Waals surface area contributed by atoms with Gasteiger partial charge < -0.3 is 5.11 Å². The molecule has 1 aromatic rings. The molecule has 0 saturated carbocycles. The van der Waals surface area contributed by atoms with Gasteiger partial charge in [0.15, 0.2) is 0 Å². The second-order valence-corrected chi connectivity index (χ2v) is 7.67. The predicted molar refractivity (Wildman–Crippen MR) is 90.6 cm³/mol. The van der Waals surface area contributed by atoms with Gasteiger partial charge >= 0.3 is 5.97 Å². The van der Waals surface area contributed by atoms with Crippen molar-refractivity contribution in [3.8, 4) is 0 Å².